The molecule has 6 nitrogen and oxygen atoms in total. The molecule has 1 aromatic carbocycles. The van der Waals surface area contributed by atoms with E-state index in [1.807, 2.05) is 24.3 Å². The van der Waals surface area contributed by atoms with Crippen molar-refractivity contribution in [3.8, 4) is 5.75 Å². The Hall–Kier alpha value is -1.34. The van der Waals surface area contributed by atoms with Gasteiger partial charge >= 0.3 is 5.97 Å². The molecule has 7 heteroatoms. The number of aliphatic carboxylic acids is 1. The molecular weight excluding hydrogens is 298 g/mol. The monoisotopic (exact) mass is 319 g/mol. The van der Waals surface area contributed by atoms with Gasteiger partial charge < -0.3 is 38.2 Å². The number of carbonyl (C=O) groups is 1. The highest BCUT2D eigenvalue weighted by Gasteiger charge is 2.45. The summed E-state index contributed by atoms with van der Waals surface area (Å²) in [6, 6.07) is 7.54. The van der Waals surface area contributed by atoms with E-state index in [0.717, 1.165) is 11.3 Å². The molecule has 0 bridgehead atoms. The number of hydrogen-bond acceptors (Lipinski definition) is 4. The van der Waals surface area contributed by atoms with Crippen LogP contribution in [0.3, 0.4) is 0 Å². The molecule has 0 saturated heterocycles. The minimum absolute atomic E-state index is 0. The van der Waals surface area contributed by atoms with Gasteiger partial charge in [-0.3, -0.25) is 0 Å². The van der Waals surface area contributed by atoms with Crippen LogP contribution in [0.5, 0.6) is 5.75 Å². The van der Waals surface area contributed by atoms with Crippen LogP contribution in [-0.4, -0.2) is 46.6 Å². The Morgan fingerprint density at radius 3 is 2.38 bits per heavy atom. The van der Waals surface area contributed by atoms with Gasteiger partial charge in [-0.05, 0) is 37.0 Å². The first-order valence-corrected chi connectivity index (χ1v) is 6.44. The van der Waals surface area contributed by atoms with Crippen LogP contribution in [0.1, 0.15) is 18.4 Å². The summed E-state index contributed by atoms with van der Waals surface area (Å²) in [5.41, 5.74) is 2.75. The lowest BCUT2D eigenvalue weighted by Gasteiger charge is -2.24. The Morgan fingerprint density at radius 2 is 1.95 bits per heavy atom. The van der Waals surface area contributed by atoms with E-state index in [0.29, 0.717) is 12.8 Å². The number of hydrogen-bond donors (Lipinski definition) is 4. The summed E-state index contributed by atoms with van der Waals surface area (Å²) in [7, 11) is 1.60. The predicted molar refractivity (Wildman–Crippen MR) is 72.3 cm³/mol. The molecule has 1 aromatic rings. The summed E-state index contributed by atoms with van der Waals surface area (Å²) in [5, 5.41) is 27.9. The van der Waals surface area contributed by atoms with Crippen LogP contribution in [0.15, 0.2) is 24.3 Å². The number of carboxylic acid groups (broad SMARTS) is 1. The lowest BCUT2D eigenvalue weighted by molar-refractivity contribution is -0.485. The van der Waals surface area contributed by atoms with E-state index in [1.54, 1.807) is 7.11 Å². The first kappa shape index (κ1) is 19.7. The van der Waals surface area contributed by atoms with Crippen molar-refractivity contribution in [3.05, 3.63) is 29.8 Å². The van der Waals surface area contributed by atoms with Crippen LogP contribution >= 0.6 is 0 Å². The Kier molecular flexibility index (Phi) is 8.27. The zero-order valence-corrected chi connectivity index (χ0v) is 12.7. The van der Waals surface area contributed by atoms with E-state index in [2.05, 4.69) is 5.73 Å². The highest BCUT2D eigenvalue weighted by molar-refractivity contribution is 5.77. The number of ether oxygens (including phenoxy) is 1. The average Bonchev–Trinajstić information content (AvgIpc) is 2.46. The van der Waals surface area contributed by atoms with E-state index >= 15 is 0 Å². The number of aliphatic hydroxyl groups is 2. The fourth-order valence-corrected chi connectivity index (χ4v) is 1.88. The van der Waals surface area contributed by atoms with Crippen molar-refractivity contribution < 1.29 is 43.0 Å². The molecule has 0 amide bonds. The molecule has 1 rings (SSSR count). The van der Waals surface area contributed by atoms with Gasteiger partial charge in [0.25, 0.3) is 0 Å². The minimum Gasteiger partial charge on any atom is -1.00 e. The Balaban J connectivity index is 0.00000400. The maximum absolute atomic E-state index is 11.0. The summed E-state index contributed by atoms with van der Waals surface area (Å²) in [6.45, 7) is -0.688. The van der Waals surface area contributed by atoms with E-state index < -0.39 is 24.2 Å². The van der Waals surface area contributed by atoms with Crippen LogP contribution in [0.2, 0.25) is 0 Å². The maximum atomic E-state index is 11.0. The smallest absolute Gasteiger partial charge is 0.370 e. The number of aryl methyl sites for hydroxylation is 1. The fourth-order valence-electron chi connectivity index (χ4n) is 1.88. The fraction of sp³-hybridized carbons (Fsp3) is 0.500. The minimum atomic E-state index is -1.75. The molecule has 0 saturated carbocycles. The van der Waals surface area contributed by atoms with Crippen LogP contribution < -0.4 is 22.9 Å². The van der Waals surface area contributed by atoms with Crippen molar-refractivity contribution in [1.82, 2.24) is 0 Å². The maximum Gasteiger partial charge on any atom is 0.370 e. The number of aliphatic hydroxyl groups excluding tert-OH is 2. The lowest BCUT2D eigenvalue weighted by atomic mass is 9.90. The van der Waals surface area contributed by atoms with Crippen LogP contribution in [0.4, 0.5) is 0 Å². The van der Waals surface area contributed by atoms with Crippen molar-refractivity contribution in [3.63, 3.8) is 0 Å². The van der Waals surface area contributed by atoms with Gasteiger partial charge in [0, 0.05) is 0 Å². The van der Waals surface area contributed by atoms with Gasteiger partial charge in [-0.2, -0.15) is 0 Å². The molecule has 6 N–H and O–H groups in total. The number of methoxy groups -OCH3 is 1. The number of rotatable bonds is 8. The van der Waals surface area contributed by atoms with Gasteiger partial charge in [-0.15, -0.1) is 0 Å². The molecule has 0 aliphatic rings. The number of halogens is 1. The average molecular weight is 320 g/mol. The Morgan fingerprint density at radius 1 is 1.38 bits per heavy atom. The van der Waals surface area contributed by atoms with Crippen LogP contribution in [0, 0.1) is 0 Å². The molecule has 21 heavy (non-hydrogen) atoms. The predicted octanol–water partition coefficient (Wildman–Crippen LogP) is -3.56. The summed E-state index contributed by atoms with van der Waals surface area (Å²) >= 11 is 0. The molecule has 120 valence electrons. The molecular formula is C14H22ClNO5. The topological polar surface area (TPSA) is 115 Å². The molecule has 0 aromatic heterocycles. The molecule has 0 aliphatic heterocycles. The van der Waals surface area contributed by atoms with Crippen molar-refractivity contribution >= 4 is 5.97 Å². The van der Waals surface area contributed by atoms with Gasteiger partial charge in [0.1, 0.15) is 18.5 Å². The Bertz CT molecular complexity index is 439. The third-order valence-corrected chi connectivity index (χ3v) is 3.45. The van der Waals surface area contributed by atoms with Gasteiger partial charge in [0.05, 0.1) is 7.11 Å². The molecule has 0 heterocycles. The van der Waals surface area contributed by atoms with Gasteiger partial charge in [0.15, 0.2) is 0 Å². The molecule has 0 radical (unpaired) electrons. The lowest BCUT2D eigenvalue weighted by Crippen LogP contribution is -3.00. The van der Waals surface area contributed by atoms with Crippen molar-refractivity contribution in [2.75, 3.05) is 13.7 Å². The number of benzene rings is 1. The normalized spacial score (nSPS) is 14.7. The molecule has 0 aliphatic carbocycles. The first-order chi connectivity index (χ1) is 9.43. The Labute approximate surface area is 130 Å². The molecule has 0 spiro atoms. The van der Waals surface area contributed by atoms with Crippen LogP contribution in [0.25, 0.3) is 0 Å². The summed E-state index contributed by atoms with van der Waals surface area (Å²) in [4.78, 5) is 11.0. The standard InChI is InChI=1S/C14H21NO5.ClH/c1-20-11-7-5-10(6-8-11)3-2-4-12(17)14(15,9-16)13(18)19;/h5-8,12,16-17H,2-4,9,15H2,1H3,(H,18,19);1H. The van der Waals surface area contributed by atoms with Crippen molar-refractivity contribution in [2.24, 2.45) is 0 Å². The van der Waals surface area contributed by atoms with E-state index in [9.17, 15) is 9.90 Å². The number of carboxylic acids is 1. The van der Waals surface area contributed by atoms with E-state index in [-0.39, 0.29) is 18.8 Å². The molecule has 2 unspecified atom stereocenters. The summed E-state index contributed by atoms with van der Waals surface area (Å²) < 4.78 is 5.06. The van der Waals surface area contributed by atoms with E-state index in [4.69, 9.17) is 14.9 Å². The first-order valence-electron chi connectivity index (χ1n) is 6.44. The van der Waals surface area contributed by atoms with E-state index in [1.165, 1.54) is 0 Å². The second-order valence-corrected chi connectivity index (χ2v) is 4.88. The zero-order chi connectivity index (χ0) is 15.2. The van der Waals surface area contributed by atoms with Gasteiger partial charge in [0.2, 0.25) is 5.54 Å². The van der Waals surface area contributed by atoms with Gasteiger partial charge in [-0.1, -0.05) is 12.1 Å². The SMILES string of the molecule is COc1ccc(CCCC(O)C([NH3+])(CO)C(=O)O)cc1.[Cl-]. The second-order valence-electron chi connectivity index (χ2n) is 4.88. The number of quaternary nitrogens is 1. The zero-order valence-electron chi connectivity index (χ0n) is 12.0. The third kappa shape index (κ3) is 5.17. The quantitative estimate of drug-likeness (QED) is 0.396. The third-order valence-electron chi connectivity index (χ3n) is 3.45. The molecule has 2 atom stereocenters. The molecule has 0 fully saturated rings. The highest BCUT2D eigenvalue weighted by atomic mass is 35.5. The summed E-state index contributed by atoms with van der Waals surface area (Å²) in [5.74, 6) is -0.520. The largest absolute Gasteiger partial charge is 1.00 e. The van der Waals surface area contributed by atoms with Gasteiger partial charge in [-0.25, -0.2) is 4.79 Å². The summed E-state index contributed by atoms with van der Waals surface area (Å²) in [6.07, 6.45) is 0.408. The second kappa shape index (κ2) is 8.84. The van der Waals surface area contributed by atoms with Crippen molar-refractivity contribution in [2.45, 2.75) is 30.9 Å². The van der Waals surface area contributed by atoms with Crippen LogP contribution in [-0.2, 0) is 11.2 Å². The highest BCUT2D eigenvalue weighted by Crippen LogP contribution is 2.16. The van der Waals surface area contributed by atoms with Crippen molar-refractivity contribution in [1.29, 1.82) is 0 Å².